The molecule has 1 N–H and O–H groups in total. The third kappa shape index (κ3) is 8.58. The van der Waals surface area contributed by atoms with Crippen molar-refractivity contribution in [3.05, 3.63) is 138 Å². The summed E-state index contributed by atoms with van der Waals surface area (Å²) in [5, 5.41) is 11.2. The first-order valence-electron chi connectivity index (χ1n) is 14.2. The molecule has 8 nitrogen and oxygen atoms in total. The minimum Gasteiger partial charge on any atom is -0.374 e. The molecule has 0 aliphatic carbocycles. The third-order valence-corrected chi connectivity index (χ3v) is 8.45. The van der Waals surface area contributed by atoms with E-state index in [0.29, 0.717) is 6.61 Å². The first-order chi connectivity index (χ1) is 20.9. The summed E-state index contributed by atoms with van der Waals surface area (Å²) in [7, 11) is -4.29. The quantitative estimate of drug-likeness (QED) is 0.209. The molecular weight excluding hydrogens is 568 g/mol. The highest BCUT2D eigenvalue weighted by Gasteiger charge is 2.50. The van der Waals surface area contributed by atoms with E-state index in [0.717, 1.165) is 22.3 Å². The van der Waals surface area contributed by atoms with Crippen LogP contribution in [-0.2, 0) is 53.1 Å². The smallest absolute Gasteiger partial charge is 0.297 e. The molecule has 0 bridgehead atoms. The average molecular weight is 605 g/mol. The number of benzene rings is 4. The second kappa shape index (κ2) is 14.9. The van der Waals surface area contributed by atoms with E-state index in [-0.39, 0.29) is 24.7 Å². The Hall–Kier alpha value is -3.41. The van der Waals surface area contributed by atoms with Gasteiger partial charge in [0.05, 0.1) is 31.3 Å². The topological polar surface area (TPSA) is 101 Å². The highest BCUT2D eigenvalue weighted by Crippen LogP contribution is 2.32. The number of ether oxygens (including phenoxy) is 4. The molecule has 0 spiro atoms. The number of rotatable bonds is 13. The average Bonchev–Trinajstić information content (AvgIpc) is 3.02. The van der Waals surface area contributed by atoms with Gasteiger partial charge < -0.3 is 24.1 Å². The summed E-state index contributed by atoms with van der Waals surface area (Å²) in [6.07, 6.45) is -5.79. The van der Waals surface area contributed by atoms with Crippen LogP contribution in [0.1, 0.15) is 22.3 Å². The Labute approximate surface area is 252 Å². The lowest BCUT2D eigenvalue weighted by atomic mass is 9.98. The summed E-state index contributed by atoms with van der Waals surface area (Å²) in [5.41, 5.74) is 3.58. The molecule has 0 amide bonds. The first kappa shape index (κ1) is 31.0. The van der Waals surface area contributed by atoms with Crippen LogP contribution in [0.3, 0.4) is 0 Å². The molecule has 226 valence electrons. The van der Waals surface area contributed by atoms with Gasteiger partial charge in [-0.15, -0.1) is 0 Å². The summed E-state index contributed by atoms with van der Waals surface area (Å²) in [6.45, 7) is 2.42. The highest BCUT2D eigenvalue weighted by molar-refractivity contribution is 7.86. The Morgan fingerprint density at radius 2 is 1.14 bits per heavy atom. The van der Waals surface area contributed by atoms with Crippen molar-refractivity contribution >= 4 is 10.1 Å². The van der Waals surface area contributed by atoms with Crippen molar-refractivity contribution in [2.75, 3.05) is 6.61 Å². The molecule has 0 aromatic heterocycles. The van der Waals surface area contributed by atoms with Crippen LogP contribution in [0.25, 0.3) is 0 Å². The monoisotopic (exact) mass is 604 g/mol. The van der Waals surface area contributed by atoms with E-state index in [1.54, 1.807) is 12.1 Å². The largest absolute Gasteiger partial charge is 0.374 e. The van der Waals surface area contributed by atoms with E-state index < -0.39 is 40.8 Å². The Kier molecular flexibility index (Phi) is 10.7. The van der Waals surface area contributed by atoms with Crippen LogP contribution in [0.2, 0.25) is 0 Å². The van der Waals surface area contributed by atoms with Gasteiger partial charge in [-0.2, -0.15) is 8.42 Å². The number of aliphatic hydroxyl groups excluding tert-OH is 1. The maximum atomic E-state index is 13.6. The Morgan fingerprint density at radius 1 is 0.651 bits per heavy atom. The molecule has 4 aromatic carbocycles. The number of aryl methyl sites for hydroxylation is 1. The third-order valence-electron chi connectivity index (χ3n) is 7.12. The Balaban J connectivity index is 1.43. The SMILES string of the molecule is Cc1ccc(S(=O)(=O)O[C@@H]2[C@H](OCc3ccccc3)[C@@H](O)O[C@H](COCc3ccccc3)[C@H]2OCc2ccccc2)cc1. The van der Waals surface area contributed by atoms with Gasteiger partial charge in [0.15, 0.2) is 6.29 Å². The van der Waals surface area contributed by atoms with Gasteiger partial charge in [0.25, 0.3) is 10.1 Å². The van der Waals surface area contributed by atoms with Gasteiger partial charge in [-0.1, -0.05) is 109 Å². The lowest BCUT2D eigenvalue weighted by Gasteiger charge is -2.43. The van der Waals surface area contributed by atoms with Gasteiger partial charge in [0.2, 0.25) is 0 Å². The normalized spacial score (nSPS) is 22.3. The molecule has 0 saturated carbocycles. The van der Waals surface area contributed by atoms with E-state index in [1.165, 1.54) is 12.1 Å². The van der Waals surface area contributed by atoms with Crippen molar-refractivity contribution in [2.24, 2.45) is 0 Å². The summed E-state index contributed by atoms with van der Waals surface area (Å²) in [6, 6.07) is 34.9. The maximum Gasteiger partial charge on any atom is 0.297 e. The van der Waals surface area contributed by atoms with Gasteiger partial charge in [0.1, 0.15) is 24.4 Å². The molecule has 1 heterocycles. The molecular formula is C34H36O8S. The summed E-state index contributed by atoms with van der Waals surface area (Å²) < 4.78 is 57.5. The molecule has 1 saturated heterocycles. The van der Waals surface area contributed by atoms with Crippen molar-refractivity contribution in [3.63, 3.8) is 0 Å². The summed E-state index contributed by atoms with van der Waals surface area (Å²) >= 11 is 0. The van der Waals surface area contributed by atoms with Crippen LogP contribution in [0.4, 0.5) is 0 Å². The molecule has 4 aromatic rings. The molecule has 9 heteroatoms. The van der Waals surface area contributed by atoms with Crippen LogP contribution in [0.5, 0.6) is 0 Å². The zero-order valence-corrected chi connectivity index (χ0v) is 24.7. The van der Waals surface area contributed by atoms with Gasteiger partial charge in [-0.05, 0) is 35.7 Å². The number of aliphatic hydroxyl groups is 1. The van der Waals surface area contributed by atoms with Crippen LogP contribution in [0, 0.1) is 6.92 Å². The Morgan fingerprint density at radius 3 is 1.67 bits per heavy atom. The van der Waals surface area contributed by atoms with E-state index >= 15 is 0 Å². The number of hydrogen-bond donors (Lipinski definition) is 1. The van der Waals surface area contributed by atoms with Gasteiger partial charge in [0, 0.05) is 0 Å². The van der Waals surface area contributed by atoms with Gasteiger partial charge >= 0.3 is 0 Å². The molecule has 5 atom stereocenters. The molecule has 43 heavy (non-hydrogen) atoms. The maximum absolute atomic E-state index is 13.6. The van der Waals surface area contributed by atoms with Crippen molar-refractivity contribution in [1.82, 2.24) is 0 Å². The predicted octanol–water partition coefficient (Wildman–Crippen LogP) is 5.17. The molecule has 1 fully saturated rings. The van der Waals surface area contributed by atoms with Crippen LogP contribution in [0.15, 0.2) is 120 Å². The molecule has 0 radical (unpaired) electrons. The molecule has 5 rings (SSSR count). The fourth-order valence-electron chi connectivity index (χ4n) is 4.82. The minimum atomic E-state index is -4.29. The lowest BCUT2D eigenvalue weighted by molar-refractivity contribution is -0.303. The lowest BCUT2D eigenvalue weighted by Crippen LogP contribution is -2.61. The summed E-state index contributed by atoms with van der Waals surface area (Å²) in [5.74, 6) is 0. The number of hydrogen-bond acceptors (Lipinski definition) is 8. The van der Waals surface area contributed by atoms with E-state index in [1.807, 2.05) is 97.9 Å². The van der Waals surface area contributed by atoms with Crippen molar-refractivity contribution in [2.45, 2.75) is 62.3 Å². The zero-order valence-electron chi connectivity index (χ0n) is 23.9. The highest BCUT2D eigenvalue weighted by atomic mass is 32.2. The fourth-order valence-corrected chi connectivity index (χ4v) is 5.92. The van der Waals surface area contributed by atoms with Crippen molar-refractivity contribution in [3.8, 4) is 0 Å². The van der Waals surface area contributed by atoms with E-state index in [9.17, 15) is 13.5 Å². The second-order valence-electron chi connectivity index (χ2n) is 10.4. The van der Waals surface area contributed by atoms with Gasteiger partial charge in [-0.3, -0.25) is 4.18 Å². The van der Waals surface area contributed by atoms with E-state index in [4.69, 9.17) is 23.1 Å². The zero-order chi connectivity index (χ0) is 30.1. The van der Waals surface area contributed by atoms with Gasteiger partial charge in [-0.25, -0.2) is 0 Å². The predicted molar refractivity (Wildman–Crippen MR) is 160 cm³/mol. The fraction of sp³-hybridized carbons (Fsp3) is 0.294. The summed E-state index contributed by atoms with van der Waals surface area (Å²) in [4.78, 5) is -0.0143. The van der Waals surface area contributed by atoms with E-state index in [2.05, 4.69) is 0 Å². The minimum absolute atomic E-state index is 0.0143. The first-order valence-corrected chi connectivity index (χ1v) is 15.6. The van der Waals surface area contributed by atoms with Crippen LogP contribution in [-0.4, -0.2) is 50.8 Å². The van der Waals surface area contributed by atoms with Crippen molar-refractivity contribution in [1.29, 1.82) is 0 Å². The van der Waals surface area contributed by atoms with Crippen LogP contribution >= 0.6 is 0 Å². The Bertz CT molecular complexity index is 1500. The second-order valence-corrected chi connectivity index (χ2v) is 12.0. The standard InChI is InChI=1S/C34H36O8S/c1-25-17-19-29(20-18-25)43(36,37)42-32-31(39-22-27-13-7-3-8-14-27)30(24-38-21-26-11-5-2-6-12-26)41-34(35)33(32)40-23-28-15-9-4-10-16-28/h2-20,30-35H,21-24H2,1H3/t30-,31-,32+,33+,34+/m1/s1. The molecule has 1 aliphatic heterocycles. The van der Waals surface area contributed by atoms with Crippen LogP contribution < -0.4 is 0 Å². The van der Waals surface area contributed by atoms with Crippen molar-refractivity contribution < 1.29 is 36.7 Å². The molecule has 0 unspecified atom stereocenters. The molecule has 1 aliphatic rings.